The van der Waals surface area contributed by atoms with Crippen LogP contribution in [0.4, 0.5) is 0 Å². The summed E-state index contributed by atoms with van der Waals surface area (Å²) < 4.78 is 3.10. The lowest BCUT2D eigenvalue weighted by Crippen LogP contribution is -2.23. The van der Waals surface area contributed by atoms with Gasteiger partial charge in [0.05, 0.1) is 11.3 Å². The van der Waals surface area contributed by atoms with Crippen molar-refractivity contribution in [3.05, 3.63) is 40.9 Å². The van der Waals surface area contributed by atoms with Crippen LogP contribution in [0.3, 0.4) is 0 Å². The zero-order chi connectivity index (χ0) is 13.2. The highest BCUT2D eigenvalue weighted by Crippen LogP contribution is 2.14. The highest BCUT2D eigenvalue weighted by atomic mass is 32.2. The van der Waals surface area contributed by atoms with Crippen LogP contribution in [-0.4, -0.2) is 29.8 Å². The first-order valence-corrected chi connectivity index (χ1v) is 6.53. The largest absolute Gasteiger partial charge is 0.312 e. The maximum absolute atomic E-state index is 12.2. The second kappa shape index (κ2) is 4.81. The van der Waals surface area contributed by atoms with E-state index in [1.165, 1.54) is 16.4 Å². The molecular weight excluding hydrogens is 264 g/mol. The molecule has 0 saturated carbocycles. The Morgan fingerprint density at radius 2 is 2.11 bits per heavy atom. The standard InChI is InChI=1S/C11H10N6OS/c1-16-6-12-14-11(16)19-7-17-10(18)8-4-2-3-5-9(8)13-15-17/h2-6H,7H2,1H3. The Hall–Kier alpha value is -2.22. The van der Waals surface area contributed by atoms with Gasteiger partial charge in [0, 0.05) is 7.05 Å². The Morgan fingerprint density at radius 1 is 1.26 bits per heavy atom. The number of aromatic nitrogens is 6. The van der Waals surface area contributed by atoms with Gasteiger partial charge >= 0.3 is 0 Å². The van der Waals surface area contributed by atoms with Gasteiger partial charge in [-0.1, -0.05) is 29.1 Å². The predicted molar refractivity (Wildman–Crippen MR) is 70.7 cm³/mol. The second-order valence-corrected chi connectivity index (χ2v) is 4.82. The molecule has 0 atom stereocenters. The van der Waals surface area contributed by atoms with Gasteiger partial charge in [0.1, 0.15) is 11.8 Å². The van der Waals surface area contributed by atoms with Crippen molar-refractivity contribution in [2.75, 3.05) is 0 Å². The predicted octanol–water partition coefficient (Wildman–Crippen LogP) is 0.670. The van der Waals surface area contributed by atoms with Crippen LogP contribution in [0.15, 0.2) is 40.5 Å². The van der Waals surface area contributed by atoms with E-state index in [-0.39, 0.29) is 5.56 Å². The van der Waals surface area contributed by atoms with E-state index < -0.39 is 0 Å². The number of benzene rings is 1. The highest BCUT2D eigenvalue weighted by molar-refractivity contribution is 7.98. The van der Waals surface area contributed by atoms with Gasteiger partial charge in [0.2, 0.25) is 0 Å². The average Bonchev–Trinajstić information content (AvgIpc) is 2.84. The first kappa shape index (κ1) is 11.8. The third kappa shape index (κ3) is 2.22. The minimum Gasteiger partial charge on any atom is -0.312 e. The SMILES string of the molecule is Cn1cnnc1SCn1nnc2ccccc2c1=O. The number of hydrogen-bond donors (Lipinski definition) is 0. The minimum absolute atomic E-state index is 0.153. The molecule has 0 N–H and O–H groups in total. The number of aryl methyl sites for hydroxylation is 1. The smallest absolute Gasteiger partial charge is 0.278 e. The summed E-state index contributed by atoms with van der Waals surface area (Å²) in [5.74, 6) is 0.350. The zero-order valence-corrected chi connectivity index (χ0v) is 10.9. The molecule has 3 rings (SSSR count). The minimum atomic E-state index is -0.153. The summed E-state index contributed by atoms with van der Waals surface area (Å²) in [6.07, 6.45) is 1.61. The van der Waals surface area contributed by atoms with Gasteiger partial charge in [-0.3, -0.25) is 4.79 Å². The summed E-state index contributed by atoms with van der Waals surface area (Å²) in [4.78, 5) is 12.2. The molecule has 0 radical (unpaired) electrons. The fourth-order valence-electron chi connectivity index (χ4n) is 1.63. The Labute approximate surface area is 112 Å². The van der Waals surface area contributed by atoms with Crippen LogP contribution in [0.5, 0.6) is 0 Å². The number of hydrogen-bond acceptors (Lipinski definition) is 6. The average molecular weight is 274 g/mol. The van der Waals surface area contributed by atoms with Gasteiger partial charge in [0.15, 0.2) is 5.16 Å². The van der Waals surface area contributed by atoms with Crippen molar-refractivity contribution in [1.82, 2.24) is 29.8 Å². The monoisotopic (exact) mass is 274 g/mol. The summed E-state index contributed by atoms with van der Waals surface area (Å²) in [7, 11) is 1.84. The molecule has 2 heterocycles. The lowest BCUT2D eigenvalue weighted by Gasteiger charge is -2.03. The molecule has 0 aliphatic heterocycles. The zero-order valence-electron chi connectivity index (χ0n) is 10.1. The molecule has 3 aromatic rings. The molecule has 1 aromatic carbocycles. The van der Waals surface area contributed by atoms with Crippen molar-refractivity contribution >= 4 is 22.7 Å². The van der Waals surface area contributed by atoms with Gasteiger partial charge in [0.25, 0.3) is 5.56 Å². The molecule has 19 heavy (non-hydrogen) atoms. The van der Waals surface area contributed by atoms with E-state index in [1.54, 1.807) is 23.0 Å². The van der Waals surface area contributed by atoms with Crippen LogP contribution in [0, 0.1) is 0 Å². The topological polar surface area (TPSA) is 78.5 Å². The number of nitrogens with zero attached hydrogens (tertiary/aromatic N) is 6. The summed E-state index contributed by atoms with van der Waals surface area (Å²) in [5, 5.41) is 16.9. The summed E-state index contributed by atoms with van der Waals surface area (Å²) in [6.45, 7) is 0. The number of fused-ring (bicyclic) bond motifs is 1. The molecule has 96 valence electrons. The molecule has 0 saturated heterocycles. The van der Waals surface area contributed by atoms with E-state index in [0.29, 0.717) is 16.8 Å². The molecule has 0 spiro atoms. The summed E-state index contributed by atoms with van der Waals surface area (Å²) >= 11 is 1.38. The van der Waals surface area contributed by atoms with Gasteiger partial charge in [-0.15, -0.1) is 15.3 Å². The van der Waals surface area contributed by atoms with Crippen LogP contribution < -0.4 is 5.56 Å². The van der Waals surface area contributed by atoms with Crippen molar-refractivity contribution in [1.29, 1.82) is 0 Å². The Kier molecular flexibility index (Phi) is 3.00. The molecule has 7 nitrogen and oxygen atoms in total. The van der Waals surface area contributed by atoms with Gasteiger partial charge in [-0.2, -0.15) is 4.68 Å². The third-order valence-electron chi connectivity index (χ3n) is 2.62. The second-order valence-electron chi connectivity index (χ2n) is 3.91. The van der Waals surface area contributed by atoms with E-state index in [1.807, 2.05) is 19.2 Å². The Bertz CT molecular complexity index is 780. The van der Waals surface area contributed by atoms with Crippen molar-refractivity contribution in [2.45, 2.75) is 11.0 Å². The van der Waals surface area contributed by atoms with Crippen molar-refractivity contribution in [2.24, 2.45) is 7.05 Å². The lowest BCUT2D eigenvalue weighted by molar-refractivity contribution is 0.641. The van der Waals surface area contributed by atoms with Crippen molar-refractivity contribution < 1.29 is 0 Å². The molecule has 0 unspecified atom stereocenters. The molecular formula is C11H10N6OS. The van der Waals surface area contributed by atoms with E-state index in [9.17, 15) is 4.79 Å². The van der Waals surface area contributed by atoms with Crippen LogP contribution in [-0.2, 0) is 12.9 Å². The van der Waals surface area contributed by atoms with Crippen molar-refractivity contribution in [3.63, 3.8) is 0 Å². The first-order valence-electron chi connectivity index (χ1n) is 5.55. The molecule has 0 bridgehead atoms. The molecule has 0 fully saturated rings. The Balaban J connectivity index is 1.92. The van der Waals surface area contributed by atoms with Gasteiger partial charge in [-0.25, -0.2) is 0 Å². The molecule has 8 heteroatoms. The summed E-state index contributed by atoms with van der Waals surface area (Å²) in [6, 6.07) is 7.15. The van der Waals surface area contributed by atoms with Crippen molar-refractivity contribution in [3.8, 4) is 0 Å². The maximum Gasteiger partial charge on any atom is 0.278 e. The van der Waals surface area contributed by atoms with Crippen LogP contribution in [0.2, 0.25) is 0 Å². The van der Waals surface area contributed by atoms with Crippen LogP contribution in [0.1, 0.15) is 0 Å². The quantitative estimate of drug-likeness (QED) is 0.653. The van der Waals surface area contributed by atoms with Crippen LogP contribution in [0.25, 0.3) is 10.9 Å². The molecule has 0 aliphatic rings. The highest BCUT2D eigenvalue weighted by Gasteiger charge is 2.07. The lowest BCUT2D eigenvalue weighted by atomic mass is 10.2. The number of rotatable bonds is 3. The molecule has 0 amide bonds. The van der Waals surface area contributed by atoms with E-state index in [0.717, 1.165) is 5.16 Å². The first-order chi connectivity index (χ1) is 9.25. The fourth-order valence-corrected chi connectivity index (χ4v) is 2.39. The fraction of sp³-hybridized carbons (Fsp3) is 0.182. The van der Waals surface area contributed by atoms with E-state index in [2.05, 4.69) is 20.5 Å². The van der Waals surface area contributed by atoms with Gasteiger partial charge in [-0.05, 0) is 12.1 Å². The van der Waals surface area contributed by atoms with E-state index in [4.69, 9.17) is 0 Å². The molecule has 2 aromatic heterocycles. The maximum atomic E-state index is 12.2. The third-order valence-corrected chi connectivity index (χ3v) is 3.62. The number of thioether (sulfide) groups is 1. The van der Waals surface area contributed by atoms with Crippen LogP contribution >= 0.6 is 11.8 Å². The van der Waals surface area contributed by atoms with Gasteiger partial charge < -0.3 is 4.57 Å². The van der Waals surface area contributed by atoms with E-state index >= 15 is 0 Å². The normalized spacial score (nSPS) is 11.0. The summed E-state index contributed by atoms with van der Waals surface area (Å²) in [5.41, 5.74) is 0.452. The Morgan fingerprint density at radius 3 is 2.89 bits per heavy atom. The molecule has 0 aliphatic carbocycles.